The van der Waals surface area contributed by atoms with Crippen molar-refractivity contribution in [3.8, 4) is 21.3 Å². The molecule has 0 saturated heterocycles. The molecule has 0 bridgehead atoms. The standard InChI is InChI=1S/C15H13N5OS/c1-20(2)15(21)12-7-3-6-11(17-12)14-19-18-13(22-14)10-5-4-8-16-9-10/h3-9H,1-2H3. The van der Waals surface area contributed by atoms with E-state index < -0.39 is 0 Å². The normalized spacial score (nSPS) is 10.5. The van der Waals surface area contributed by atoms with Crippen molar-refractivity contribution in [2.45, 2.75) is 0 Å². The average molecular weight is 311 g/mol. The summed E-state index contributed by atoms with van der Waals surface area (Å²) in [4.78, 5) is 21.9. The monoisotopic (exact) mass is 311 g/mol. The van der Waals surface area contributed by atoms with E-state index in [1.807, 2.05) is 18.2 Å². The van der Waals surface area contributed by atoms with Gasteiger partial charge in [-0.3, -0.25) is 9.78 Å². The van der Waals surface area contributed by atoms with Crippen LogP contribution in [0.3, 0.4) is 0 Å². The van der Waals surface area contributed by atoms with Crippen LogP contribution in [0.15, 0.2) is 42.7 Å². The Labute approximate surface area is 131 Å². The molecule has 22 heavy (non-hydrogen) atoms. The summed E-state index contributed by atoms with van der Waals surface area (Å²) in [5, 5.41) is 9.77. The van der Waals surface area contributed by atoms with Gasteiger partial charge in [-0.2, -0.15) is 0 Å². The Morgan fingerprint density at radius 3 is 2.64 bits per heavy atom. The van der Waals surface area contributed by atoms with E-state index in [9.17, 15) is 4.79 Å². The zero-order valence-electron chi connectivity index (χ0n) is 12.1. The lowest BCUT2D eigenvalue weighted by atomic mass is 10.3. The first-order chi connectivity index (χ1) is 10.6. The summed E-state index contributed by atoms with van der Waals surface area (Å²) < 4.78 is 0. The minimum atomic E-state index is -0.140. The maximum Gasteiger partial charge on any atom is 0.271 e. The summed E-state index contributed by atoms with van der Waals surface area (Å²) in [6, 6.07) is 9.08. The fraction of sp³-hybridized carbons (Fsp3) is 0.133. The van der Waals surface area contributed by atoms with E-state index in [1.165, 1.54) is 16.2 Å². The van der Waals surface area contributed by atoms with Crippen molar-refractivity contribution in [3.05, 3.63) is 48.4 Å². The van der Waals surface area contributed by atoms with Crippen molar-refractivity contribution < 1.29 is 4.79 Å². The van der Waals surface area contributed by atoms with Gasteiger partial charge in [0.25, 0.3) is 5.91 Å². The molecule has 3 rings (SSSR count). The Balaban J connectivity index is 1.94. The van der Waals surface area contributed by atoms with Crippen molar-refractivity contribution >= 4 is 17.2 Å². The van der Waals surface area contributed by atoms with Gasteiger partial charge in [-0.1, -0.05) is 17.4 Å². The molecule has 0 spiro atoms. The molecule has 110 valence electrons. The third-order valence-electron chi connectivity index (χ3n) is 2.93. The van der Waals surface area contributed by atoms with E-state index in [4.69, 9.17) is 0 Å². The van der Waals surface area contributed by atoms with Crippen LogP contribution < -0.4 is 0 Å². The number of hydrogen-bond donors (Lipinski definition) is 0. The van der Waals surface area contributed by atoms with Gasteiger partial charge in [0.05, 0.1) is 0 Å². The van der Waals surface area contributed by atoms with E-state index in [1.54, 1.807) is 38.6 Å². The summed E-state index contributed by atoms with van der Waals surface area (Å²) in [7, 11) is 3.39. The van der Waals surface area contributed by atoms with E-state index in [0.29, 0.717) is 16.4 Å². The highest BCUT2D eigenvalue weighted by molar-refractivity contribution is 7.17. The molecule has 1 amide bonds. The molecule has 3 aromatic rings. The molecule has 3 aromatic heterocycles. The molecule has 0 N–H and O–H groups in total. The van der Waals surface area contributed by atoms with Crippen molar-refractivity contribution in [3.63, 3.8) is 0 Å². The molecular formula is C15H13N5OS. The number of hydrogen-bond acceptors (Lipinski definition) is 6. The third-order valence-corrected chi connectivity index (χ3v) is 3.92. The molecule has 0 aliphatic carbocycles. The van der Waals surface area contributed by atoms with E-state index in [-0.39, 0.29) is 5.91 Å². The number of aromatic nitrogens is 4. The van der Waals surface area contributed by atoms with Gasteiger partial charge in [0.2, 0.25) is 0 Å². The van der Waals surface area contributed by atoms with Gasteiger partial charge in [-0.25, -0.2) is 4.98 Å². The van der Waals surface area contributed by atoms with Gasteiger partial charge in [0.15, 0.2) is 5.01 Å². The minimum absolute atomic E-state index is 0.140. The highest BCUT2D eigenvalue weighted by Gasteiger charge is 2.14. The van der Waals surface area contributed by atoms with Crippen LogP contribution in [-0.4, -0.2) is 45.1 Å². The topological polar surface area (TPSA) is 71.9 Å². The molecule has 0 fully saturated rings. The summed E-state index contributed by atoms with van der Waals surface area (Å²) in [6.07, 6.45) is 3.45. The van der Waals surface area contributed by atoms with Crippen molar-refractivity contribution in [2.24, 2.45) is 0 Å². The lowest BCUT2D eigenvalue weighted by molar-refractivity contribution is 0.0822. The minimum Gasteiger partial charge on any atom is -0.343 e. The maximum absolute atomic E-state index is 12.0. The lowest BCUT2D eigenvalue weighted by Gasteiger charge is -2.09. The molecule has 6 nitrogen and oxygen atoms in total. The molecule has 0 atom stereocenters. The molecule has 0 aliphatic heterocycles. The molecular weight excluding hydrogens is 298 g/mol. The lowest BCUT2D eigenvalue weighted by Crippen LogP contribution is -2.22. The summed E-state index contributed by atoms with van der Waals surface area (Å²) >= 11 is 1.42. The Kier molecular flexibility index (Phi) is 3.88. The van der Waals surface area contributed by atoms with Crippen LogP contribution in [0, 0.1) is 0 Å². The highest BCUT2D eigenvalue weighted by atomic mass is 32.1. The van der Waals surface area contributed by atoms with Crippen LogP contribution in [0.2, 0.25) is 0 Å². The molecule has 0 aromatic carbocycles. The first kappa shape index (κ1) is 14.3. The smallest absolute Gasteiger partial charge is 0.271 e. The van der Waals surface area contributed by atoms with Crippen LogP contribution in [0.5, 0.6) is 0 Å². The number of carbonyl (C=O) groups is 1. The summed E-state index contributed by atoms with van der Waals surface area (Å²) in [5.74, 6) is -0.140. The molecule has 0 radical (unpaired) electrons. The third kappa shape index (κ3) is 2.84. The molecule has 7 heteroatoms. The Hall–Kier alpha value is -2.67. The fourth-order valence-corrected chi connectivity index (χ4v) is 2.64. The molecule has 0 unspecified atom stereocenters. The van der Waals surface area contributed by atoms with E-state index >= 15 is 0 Å². The Morgan fingerprint density at radius 2 is 1.91 bits per heavy atom. The zero-order valence-corrected chi connectivity index (χ0v) is 12.9. The van der Waals surface area contributed by atoms with Gasteiger partial charge in [-0.05, 0) is 24.3 Å². The second-order valence-electron chi connectivity index (χ2n) is 4.76. The summed E-state index contributed by atoms with van der Waals surface area (Å²) in [6.45, 7) is 0. The first-order valence-corrected chi connectivity index (χ1v) is 7.40. The van der Waals surface area contributed by atoms with Crippen LogP contribution in [-0.2, 0) is 0 Å². The largest absolute Gasteiger partial charge is 0.343 e. The van der Waals surface area contributed by atoms with Crippen LogP contribution in [0.25, 0.3) is 21.3 Å². The Bertz CT molecular complexity index is 800. The van der Waals surface area contributed by atoms with Gasteiger partial charge >= 0.3 is 0 Å². The zero-order chi connectivity index (χ0) is 15.5. The van der Waals surface area contributed by atoms with Crippen molar-refractivity contribution in [1.82, 2.24) is 25.1 Å². The Morgan fingerprint density at radius 1 is 1.09 bits per heavy atom. The SMILES string of the molecule is CN(C)C(=O)c1cccc(-c2nnc(-c3cccnc3)s2)n1. The van der Waals surface area contributed by atoms with Crippen LogP contribution in [0.4, 0.5) is 0 Å². The number of rotatable bonds is 3. The summed E-state index contributed by atoms with van der Waals surface area (Å²) in [5.41, 5.74) is 1.94. The van der Waals surface area contributed by atoms with Gasteiger partial charge in [-0.15, -0.1) is 10.2 Å². The average Bonchev–Trinajstić information content (AvgIpc) is 3.05. The van der Waals surface area contributed by atoms with E-state index in [0.717, 1.165) is 10.6 Å². The number of carbonyl (C=O) groups excluding carboxylic acids is 1. The highest BCUT2D eigenvalue weighted by Crippen LogP contribution is 2.28. The van der Waals surface area contributed by atoms with Crippen LogP contribution in [0.1, 0.15) is 10.5 Å². The second kappa shape index (κ2) is 5.98. The second-order valence-corrected chi connectivity index (χ2v) is 5.74. The molecule has 0 saturated carbocycles. The molecule has 0 aliphatic rings. The van der Waals surface area contributed by atoms with Gasteiger partial charge < -0.3 is 4.90 Å². The number of nitrogens with zero attached hydrogens (tertiary/aromatic N) is 5. The molecule has 3 heterocycles. The fourth-order valence-electron chi connectivity index (χ4n) is 1.83. The van der Waals surface area contributed by atoms with Gasteiger partial charge in [0.1, 0.15) is 16.4 Å². The predicted octanol–water partition coefficient (Wildman–Crippen LogP) is 2.36. The maximum atomic E-state index is 12.0. The number of amides is 1. The first-order valence-electron chi connectivity index (χ1n) is 6.58. The predicted molar refractivity (Wildman–Crippen MR) is 84.4 cm³/mol. The number of pyridine rings is 2. The van der Waals surface area contributed by atoms with Crippen molar-refractivity contribution in [1.29, 1.82) is 0 Å². The van der Waals surface area contributed by atoms with E-state index in [2.05, 4.69) is 20.2 Å². The van der Waals surface area contributed by atoms with Crippen molar-refractivity contribution in [2.75, 3.05) is 14.1 Å². The van der Waals surface area contributed by atoms with Gasteiger partial charge in [0, 0.05) is 32.1 Å². The van der Waals surface area contributed by atoms with Crippen LogP contribution >= 0.6 is 11.3 Å². The quantitative estimate of drug-likeness (QED) is 0.742.